The number of aromatic nitrogens is 3. The first kappa shape index (κ1) is 14.0. The molecule has 0 atom stereocenters. The molecule has 0 spiro atoms. The van der Waals surface area contributed by atoms with Crippen molar-refractivity contribution in [3.63, 3.8) is 0 Å². The zero-order valence-electron chi connectivity index (χ0n) is 11.5. The van der Waals surface area contributed by atoms with Crippen molar-refractivity contribution < 1.29 is 14.7 Å². The molecule has 2 N–H and O–H groups in total. The van der Waals surface area contributed by atoms with Crippen molar-refractivity contribution >= 4 is 22.9 Å². The molecule has 0 aliphatic heterocycles. The third-order valence-corrected chi connectivity index (χ3v) is 2.83. The van der Waals surface area contributed by atoms with E-state index in [1.165, 1.54) is 0 Å². The Morgan fingerprint density at radius 1 is 1.45 bits per heavy atom. The van der Waals surface area contributed by atoms with Crippen LogP contribution in [0.1, 0.15) is 35.9 Å². The fraction of sp³-hybridized carbons (Fsp3) is 0.385. The predicted octanol–water partition coefficient (Wildman–Crippen LogP) is 1.14. The van der Waals surface area contributed by atoms with E-state index in [1.54, 1.807) is 23.9 Å². The second kappa shape index (κ2) is 5.28. The Morgan fingerprint density at radius 2 is 2.15 bits per heavy atom. The number of carbonyl (C=O) groups excluding carboxylic acids is 1. The summed E-state index contributed by atoms with van der Waals surface area (Å²) in [5, 5.41) is 15.8. The van der Waals surface area contributed by atoms with E-state index in [0.29, 0.717) is 22.3 Å². The summed E-state index contributed by atoms with van der Waals surface area (Å²) in [6, 6.07) is 1.75. The SMILES string of the molecule is Cc1cc(C(=O)NCC(=O)O)c2cnn(C(C)C)c2n1. The largest absolute Gasteiger partial charge is 0.480 e. The predicted molar refractivity (Wildman–Crippen MR) is 72.6 cm³/mol. The van der Waals surface area contributed by atoms with E-state index in [4.69, 9.17) is 5.11 Å². The van der Waals surface area contributed by atoms with Gasteiger partial charge >= 0.3 is 5.97 Å². The third-order valence-electron chi connectivity index (χ3n) is 2.83. The first-order valence-corrected chi connectivity index (χ1v) is 6.25. The smallest absolute Gasteiger partial charge is 0.322 e. The van der Waals surface area contributed by atoms with E-state index >= 15 is 0 Å². The minimum atomic E-state index is -1.08. The van der Waals surface area contributed by atoms with Gasteiger partial charge in [0.15, 0.2) is 5.65 Å². The standard InChI is InChI=1S/C13H16N4O3/c1-7(2)17-12-10(5-15-17)9(4-8(3)16-12)13(20)14-6-11(18)19/h4-5,7H,6H2,1-3H3,(H,14,20)(H,18,19). The number of carboxylic acids is 1. The number of pyridine rings is 1. The molecule has 0 unspecified atom stereocenters. The summed E-state index contributed by atoms with van der Waals surface area (Å²) in [6.07, 6.45) is 1.58. The van der Waals surface area contributed by atoms with Gasteiger partial charge in [0, 0.05) is 11.7 Å². The van der Waals surface area contributed by atoms with Crippen LogP contribution in [0.5, 0.6) is 0 Å². The lowest BCUT2D eigenvalue weighted by Crippen LogP contribution is -2.29. The summed E-state index contributed by atoms with van der Waals surface area (Å²) < 4.78 is 1.73. The summed E-state index contributed by atoms with van der Waals surface area (Å²) in [7, 11) is 0. The maximum Gasteiger partial charge on any atom is 0.322 e. The van der Waals surface area contributed by atoms with Crippen LogP contribution < -0.4 is 5.32 Å². The number of hydrogen-bond donors (Lipinski definition) is 2. The lowest BCUT2D eigenvalue weighted by atomic mass is 10.1. The number of hydrogen-bond acceptors (Lipinski definition) is 4. The monoisotopic (exact) mass is 276 g/mol. The molecular formula is C13H16N4O3. The lowest BCUT2D eigenvalue weighted by Gasteiger charge is -2.08. The second-order valence-corrected chi connectivity index (χ2v) is 4.81. The van der Waals surface area contributed by atoms with Crippen molar-refractivity contribution in [2.24, 2.45) is 0 Å². The van der Waals surface area contributed by atoms with Gasteiger partial charge in [0.2, 0.25) is 0 Å². The van der Waals surface area contributed by atoms with Gasteiger partial charge in [0.25, 0.3) is 5.91 Å². The van der Waals surface area contributed by atoms with Crippen LogP contribution in [0.2, 0.25) is 0 Å². The average molecular weight is 276 g/mol. The molecule has 106 valence electrons. The Morgan fingerprint density at radius 3 is 2.75 bits per heavy atom. The van der Waals surface area contributed by atoms with Crippen molar-refractivity contribution in [1.82, 2.24) is 20.1 Å². The lowest BCUT2D eigenvalue weighted by molar-refractivity contribution is -0.135. The second-order valence-electron chi connectivity index (χ2n) is 4.81. The number of rotatable bonds is 4. The minimum Gasteiger partial charge on any atom is -0.480 e. The van der Waals surface area contributed by atoms with Crippen molar-refractivity contribution in [3.05, 3.63) is 23.5 Å². The topological polar surface area (TPSA) is 97.1 Å². The van der Waals surface area contributed by atoms with Crippen molar-refractivity contribution in [1.29, 1.82) is 0 Å². The zero-order valence-corrected chi connectivity index (χ0v) is 11.5. The highest BCUT2D eigenvalue weighted by molar-refractivity contribution is 6.06. The van der Waals surface area contributed by atoms with E-state index in [-0.39, 0.29) is 6.04 Å². The Labute approximate surface area is 115 Å². The minimum absolute atomic E-state index is 0.122. The number of amides is 1. The van der Waals surface area contributed by atoms with E-state index in [9.17, 15) is 9.59 Å². The molecule has 0 bridgehead atoms. The molecule has 0 aliphatic carbocycles. The van der Waals surface area contributed by atoms with Gasteiger partial charge in [-0.25, -0.2) is 9.67 Å². The molecule has 2 heterocycles. The number of nitrogens with zero attached hydrogens (tertiary/aromatic N) is 3. The number of fused-ring (bicyclic) bond motifs is 1. The van der Waals surface area contributed by atoms with E-state index in [0.717, 1.165) is 0 Å². The van der Waals surface area contributed by atoms with Crippen LogP contribution in [0.25, 0.3) is 11.0 Å². The van der Waals surface area contributed by atoms with Crippen molar-refractivity contribution in [2.45, 2.75) is 26.8 Å². The summed E-state index contributed by atoms with van der Waals surface area (Å²) >= 11 is 0. The highest BCUT2D eigenvalue weighted by atomic mass is 16.4. The number of carboxylic acid groups (broad SMARTS) is 1. The quantitative estimate of drug-likeness (QED) is 0.872. The fourth-order valence-corrected chi connectivity index (χ4v) is 1.96. The Balaban J connectivity index is 2.48. The van der Waals surface area contributed by atoms with Gasteiger partial charge in [0.1, 0.15) is 6.54 Å². The Kier molecular flexibility index (Phi) is 3.69. The molecule has 0 saturated carbocycles. The number of aliphatic carboxylic acids is 1. The maximum absolute atomic E-state index is 12.1. The molecule has 20 heavy (non-hydrogen) atoms. The highest BCUT2D eigenvalue weighted by Crippen LogP contribution is 2.20. The molecule has 0 radical (unpaired) electrons. The van der Waals surface area contributed by atoms with Crippen LogP contribution in [0, 0.1) is 6.92 Å². The molecular weight excluding hydrogens is 260 g/mol. The van der Waals surface area contributed by atoms with Crippen LogP contribution in [0.4, 0.5) is 0 Å². The first-order valence-electron chi connectivity index (χ1n) is 6.25. The molecule has 0 fully saturated rings. The van der Waals surface area contributed by atoms with Gasteiger partial charge in [-0.15, -0.1) is 0 Å². The van der Waals surface area contributed by atoms with Crippen LogP contribution in [0.15, 0.2) is 12.3 Å². The van der Waals surface area contributed by atoms with Crippen LogP contribution in [-0.4, -0.2) is 38.3 Å². The molecule has 0 saturated heterocycles. The van der Waals surface area contributed by atoms with Crippen molar-refractivity contribution in [3.8, 4) is 0 Å². The van der Waals surface area contributed by atoms with Crippen LogP contribution in [-0.2, 0) is 4.79 Å². The summed E-state index contributed by atoms with van der Waals surface area (Å²) in [4.78, 5) is 27.0. The normalized spacial score (nSPS) is 11.0. The molecule has 1 amide bonds. The van der Waals surface area contributed by atoms with E-state index in [1.807, 2.05) is 13.8 Å². The average Bonchev–Trinajstić information content (AvgIpc) is 2.78. The number of aryl methyl sites for hydroxylation is 1. The fourth-order valence-electron chi connectivity index (χ4n) is 1.96. The zero-order chi connectivity index (χ0) is 14.9. The molecule has 0 aromatic carbocycles. The van der Waals surface area contributed by atoms with Gasteiger partial charge in [-0.3, -0.25) is 9.59 Å². The number of carbonyl (C=O) groups is 2. The van der Waals surface area contributed by atoms with Gasteiger partial charge in [-0.1, -0.05) is 0 Å². The Bertz CT molecular complexity index is 676. The highest BCUT2D eigenvalue weighted by Gasteiger charge is 2.17. The third kappa shape index (κ3) is 2.61. The van der Waals surface area contributed by atoms with Gasteiger partial charge < -0.3 is 10.4 Å². The van der Waals surface area contributed by atoms with Crippen LogP contribution >= 0.6 is 0 Å². The van der Waals surface area contributed by atoms with E-state index < -0.39 is 18.4 Å². The molecule has 2 rings (SSSR count). The molecule has 7 heteroatoms. The van der Waals surface area contributed by atoms with Crippen molar-refractivity contribution in [2.75, 3.05) is 6.54 Å². The molecule has 0 aliphatic rings. The summed E-state index contributed by atoms with van der Waals surface area (Å²) in [5.41, 5.74) is 1.70. The molecule has 2 aromatic rings. The number of nitrogens with one attached hydrogen (secondary N) is 1. The van der Waals surface area contributed by atoms with Gasteiger partial charge in [-0.05, 0) is 26.8 Å². The Hall–Kier alpha value is -2.44. The van der Waals surface area contributed by atoms with Gasteiger partial charge in [0.05, 0.1) is 17.1 Å². The molecule has 7 nitrogen and oxygen atoms in total. The molecule has 2 aromatic heterocycles. The first-order chi connectivity index (χ1) is 9.40. The van der Waals surface area contributed by atoms with Crippen LogP contribution in [0.3, 0.4) is 0 Å². The maximum atomic E-state index is 12.1. The summed E-state index contributed by atoms with van der Waals surface area (Å²) in [5.74, 6) is -1.52. The summed E-state index contributed by atoms with van der Waals surface area (Å²) in [6.45, 7) is 5.31. The van der Waals surface area contributed by atoms with Gasteiger partial charge in [-0.2, -0.15) is 5.10 Å². The van der Waals surface area contributed by atoms with E-state index in [2.05, 4.69) is 15.4 Å².